The quantitative estimate of drug-likeness (QED) is 0.773. The van der Waals surface area contributed by atoms with Crippen LogP contribution in [0.5, 0.6) is 0 Å². The first-order chi connectivity index (χ1) is 14.1. The van der Waals surface area contributed by atoms with Gasteiger partial charge in [0.2, 0.25) is 5.91 Å². The number of piperazine rings is 1. The number of thiophene rings is 1. The summed E-state index contributed by atoms with van der Waals surface area (Å²) in [5.74, 6) is 0.350. The number of likely N-dealkylation sites (tertiary alicyclic amines) is 1. The number of carbonyl (C=O) groups is 2. The van der Waals surface area contributed by atoms with Gasteiger partial charge < -0.3 is 9.80 Å². The predicted octanol–water partition coefficient (Wildman–Crippen LogP) is 3.57. The molecular weight excluding hydrogens is 382 g/mol. The van der Waals surface area contributed by atoms with Gasteiger partial charge in [-0.15, -0.1) is 11.3 Å². The van der Waals surface area contributed by atoms with Crippen LogP contribution in [0.25, 0.3) is 11.1 Å². The summed E-state index contributed by atoms with van der Waals surface area (Å²) in [6.45, 7) is 6.63. The van der Waals surface area contributed by atoms with Crippen LogP contribution >= 0.6 is 11.3 Å². The van der Waals surface area contributed by atoms with Crippen molar-refractivity contribution in [3.63, 3.8) is 0 Å². The second kappa shape index (κ2) is 9.09. The third-order valence-electron chi connectivity index (χ3n) is 6.12. The van der Waals surface area contributed by atoms with Crippen LogP contribution < -0.4 is 0 Å². The fourth-order valence-electron chi connectivity index (χ4n) is 4.31. The normalized spacial score (nSPS) is 19.2. The van der Waals surface area contributed by atoms with E-state index in [9.17, 15) is 9.59 Å². The van der Waals surface area contributed by atoms with Gasteiger partial charge in [-0.25, -0.2) is 0 Å². The summed E-state index contributed by atoms with van der Waals surface area (Å²) in [6, 6.07) is 12.0. The Bertz CT molecular complexity index is 837. The summed E-state index contributed by atoms with van der Waals surface area (Å²) in [4.78, 5) is 33.0. The monoisotopic (exact) mass is 411 g/mol. The molecule has 0 N–H and O–H groups in total. The topological polar surface area (TPSA) is 43.9 Å². The van der Waals surface area contributed by atoms with Crippen LogP contribution in [-0.2, 0) is 4.79 Å². The molecule has 1 aromatic carbocycles. The molecule has 4 rings (SSSR count). The van der Waals surface area contributed by atoms with Gasteiger partial charge >= 0.3 is 0 Å². The zero-order chi connectivity index (χ0) is 20.2. The number of amides is 2. The molecule has 0 saturated carbocycles. The van der Waals surface area contributed by atoms with Crippen LogP contribution in [0.15, 0.2) is 41.8 Å². The van der Waals surface area contributed by atoms with E-state index in [2.05, 4.69) is 4.90 Å². The lowest BCUT2D eigenvalue weighted by Crippen LogP contribution is -2.56. The van der Waals surface area contributed by atoms with Crippen LogP contribution in [-0.4, -0.2) is 71.8 Å². The van der Waals surface area contributed by atoms with Crippen LogP contribution in [0.3, 0.4) is 0 Å². The second-order valence-corrected chi connectivity index (χ2v) is 8.84. The Kier molecular flexibility index (Phi) is 6.31. The van der Waals surface area contributed by atoms with Gasteiger partial charge in [0.15, 0.2) is 0 Å². The fourth-order valence-corrected chi connectivity index (χ4v) is 5.19. The minimum Gasteiger partial charge on any atom is -0.341 e. The third kappa shape index (κ3) is 4.38. The Morgan fingerprint density at radius 2 is 1.55 bits per heavy atom. The molecule has 154 valence electrons. The average molecular weight is 412 g/mol. The van der Waals surface area contributed by atoms with E-state index in [0.29, 0.717) is 13.1 Å². The molecular formula is C23H29N3O2S. The van der Waals surface area contributed by atoms with Crippen molar-refractivity contribution in [3.05, 3.63) is 46.7 Å². The molecule has 1 aromatic heterocycles. The van der Waals surface area contributed by atoms with Gasteiger partial charge in [-0.1, -0.05) is 30.3 Å². The van der Waals surface area contributed by atoms with Gasteiger partial charge in [0.1, 0.15) is 0 Å². The highest BCUT2D eigenvalue weighted by Crippen LogP contribution is 2.29. The van der Waals surface area contributed by atoms with Crippen LogP contribution in [0.2, 0.25) is 0 Å². The van der Waals surface area contributed by atoms with E-state index in [1.165, 1.54) is 17.8 Å². The number of nitrogens with zero attached hydrogens (tertiary/aromatic N) is 3. The molecule has 0 aliphatic carbocycles. The van der Waals surface area contributed by atoms with Crippen molar-refractivity contribution in [1.82, 2.24) is 14.7 Å². The smallest absolute Gasteiger partial charge is 0.264 e. The van der Waals surface area contributed by atoms with Crippen molar-refractivity contribution < 1.29 is 9.59 Å². The Morgan fingerprint density at radius 3 is 2.24 bits per heavy atom. The highest BCUT2D eigenvalue weighted by Gasteiger charge is 2.31. The molecule has 3 heterocycles. The van der Waals surface area contributed by atoms with Crippen molar-refractivity contribution >= 4 is 23.2 Å². The molecule has 0 spiro atoms. The van der Waals surface area contributed by atoms with Crippen LogP contribution in [0.4, 0.5) is 0 Å². The molecule has 1 atom stereocenters. The number of benzene rings is 1. The van der Waals surface area contributed by atoms with Gasteiger partial charge in [0.25, 0.3) is 5.91 Å². The SMILES string of the molecule is CC(C(=O)N1CCCCC1)N1CCN(C(=O)c2sccc2-c2ccccc2)CC1. The van der Waals surface area contributed by atoms with Crippen molar-refractivity contribution in [2.45, 2.75) is 32.2 Å². The Hall–Kier alpha value is -2.18. The average Bonchev–Trinajstić information content (AvgIpc) is 3.29. The van der Waals surface area contributed by atoms with Crippen molar-refractivity contribution in [2.24, 2.45) is 0 Å². The lowest BCUT2D eigenvalue weighted by atomic mass is 10.1. The number of hydrogen-bond acceptors (Lipinski definition) is 4. The lowest BCUT2D eigenvalue weighted by molar-refractivity contribution is -0.137. The molecule has 2 aromatic rings. The number of carbonyl (C=O) groups excluding carboxylic acids is 2. The number of rotatable bonds is 4. The molecule has 2 amide bonds. The summed E-state index contributed by atoms with van der Waals surface area (Å²) >= 11 is 1.51. The Morgan fingerprint density at radius 1 is 0.862 bits per heavy atom. The summed E-state index contributed by atoms with van der Waals surface area (Å²) in [7, 11) is 0. The minimum atomic E-state index is -0.105. The minimum absolute atomic E-state index is 0.105. The van der Waals surface area contributed by atoms with Crippen LogP contribution in [0, 0.1) is 0 Å². The van der Waals surface area contributed by atoms with E-state index in [1.807, 2.05) is 58.5 Å². The van der Waals surface area contributed by atoms with Gasteiger partial charge in [0, 0.05) is 44.8 Å². The van der Waals surface area contributed by atoms with E-state index in [0.717, 1.165) is 55.0 Å². The van der Waals surface area contributed by atoms with E-state index < -0.39 is 0 Å². The molecule has 2 aliphatic heterocycles. The zero-order valence-corrected chi connectivity index (χ0v) is 17.9. The molecule has 6 heteroatoms. The molecule has 2 saturated heterocycles. The summed E-state index contributed by atoms with van der Waals surface area (Å²) in [5, 5.41) is 1.99. The second-order valence-electron chi connectivity index (χ2n) is 7.92. The standard InChI is InChI=1S/C23H29N3O2S/c1-18(22(27)25-11-6-3-7-12-25)24-13-15-26(16-14-24)23(28)21-20(10-17-29-21)19-8-4-2-5-9-19/h2,4-5,8-10,17-18H,3,6-7,11-16H2,1H3. The Balaban J connectivity index is 1.37. The highest BCUT2D eigenvalue weighted by molar-refractivity contribution is 7.12. The molecule has 0 radical (unpaired) electrons. The fraction of sp³-hybridized carbons (Fsp3) is 0.478. The van der Waals surface area contributed by atoms with E-state index in [-0.39, 0.29) is 17.9 Å². The largest absolute Gasteiger partial charge is 0.341 e. The predicted molar refractivity (Wildman–Crippen MR) is 117 cm³/mol. The molecule has 5 nitrogen and oxygen atoms in total. The summed E-state index contributed by atoms with van der Waals surface area (Å²) < 4.78 is 0. The van der Waals surface area contributed by atoms with Crippen LogP contribution in [0.1, 0.15) is 35.9 Å². The molecule has 0 bridgehead atoms. The molecule has 2 aliphatic rings. The van der Waals surface area contributed by atoms with Crippen molar-refractivity contribution in [3.8, 4) is 11.1 Å². The van der Waals surface area contributed by atoms with Gasteiger partial charge in [0.05, 0.1) is 10.9 Å². The first-order valence-electron chi connectivity index (χ1n) is 10.6. The summed E-state index contributed by atoms with van der Waals surface area (Å²) in [6.07, 6.45) is 3.46. The highest BCUT2D eigenvalue weighted by atomic mass is 32.1. The van der Waals surface area contributed by atoms with Gasteiger partial charge in [-0.05, 0) is 43.2 Å². The van der Waals surface area contributed by atoms with Crippen molar-refractivity contribution in [1.29, 1.82) is 0 Å². The van der Waals surface area contributed by atoms with Gasteiger partial charge in [-0.2, -0.15) is 0 Å². The molecule has 2 fully saturated rings. The number of hydrogen-bond donors (Lipinski definition) is 0. The first-order valence-corrected chi connectivity index (χ1v) is 11.5. The Labute approximate surface area is 176 Å². The first kappa shape index (κ1) is 20.1. The maximum absolute atomic E-state index is 13.2. The van der Waals surface area contributed by atoms with Crippen molar-refractivity contribution in [2.75, 3.05) is 39.3 Å². The third-order valence-corrected chi connectivity index (χ3v) is 7.02. The number of piperidine rings is 1. The van der Waals surface area contributed by atoms with E-state index >= 15 is 0 Å². The van der Waals surface area contributed by atoms with Gasteiger partial charge in [-0.3, -0.25) is 14.5 Å². The lowest BCUT2D eigenvalue weighted by Gasteiger charge is -2.39. The van der Waals surface area contributed by atoms with E-state index in [4.69, 9.17) is 0 Å². The zero-order valence-electron chi connectivity index (χ0n) is 17.0. The summed E-state index contributed by atoms with van der Waals surface area (Å²) in [5.41, 5.74) is 2.09. The maximum Gasteiger partial charge on any atom is 0.264 e. The maximum atomic E-state index is 13.2. The molecule has 1 unspecified atom stereocenters. The van der Waals surface area contributed by atoms with E-state index in [1.54, 1.807) is 0 Å². The molecule has 29 heavy (non-hydrogen) atoms.